The molecule has 4 nitrogen and oxygen atoms in total. The van der Waals surface area contributed by atoms with E-state index in [0.717, 1.165) is 16.9 Å². The number of ether oxygens (including phenoxy) is 2. The minimum Gasteiger partial charge on any atom is -0.497 e. The zero-order chi connectivity index (χ0) is 16.1. The molecule has 116 valence electrons. The second-order valence-corrected chi connectivity index (χ2v) is 5.41. The van der Waals surface area contributed by atoms with Gasteiger partial charge in [-0.05, 0) is 37.7 Å². The molecule has 0 heterocycles. The van der Waals surface area contributed by atoms with Crippen LogP contribution < -0.4 is 20.1 Å². The van der Waals surface area contributed by atoms with E-state index in [9.17, 15) is 0 Å². The van der Waals surface area contributed by atoms with Crippen molar-refractivity contribution in [1.29, 1.82) is 0 Å². The molecular weight excluding hydrogens is 296 g/mol. The van der Waals surface area contributed by atoms with Crippen molar-refractivity contribution in [2.75, 3.05) is 24.9 Å². The minimum atomic E-state index is 0.516. The lowest BCUT2D eigenvalue weighted by Crippen LogP contribution is -2.19. The molecule has 2 aromatic carbocycles. The highest BCUT2D eigenvalue weighted by molar-refractivity contribution is 7.80. The quantitative estimate of drug-likeness (QED) is 0.830. The second kappa shape index (κ2) is 7.13. The zero-order valence-corrected chi connectivity index (χ0v) is 14.0. The number of hydrogen-bond acceptors (Lipinski definition) is 3. The van der Waals surface area contributed by atoms with Crippen LogP contribution in [-0.2, 0) is 0 Å². The Balaban J connectivity index is 2.11. The predicted molar refractivity (Wildman–Crippen MR) is 95.3 cm³/mol. The van der Waals surface area contributed by atoms with Gasteiger partial charge in [-0.1, -0.05) is 17.7 Å². The first-order valence-electron chi connectivity index (χ1n) is 6.90. The first kappa shape index (κ1) is 16.1. The molecule has 2 N–H and O–H groups in total. The average Bonchev–Trinajstić information content (AvgIpc) is 2.49. The number of methoxy groups -OCH3 is 2. The standard InChI is InChI=1S/C17H20N2O2S/c1-11-5-6-16(12(2)7-11)19-17(22)18-13-8-14(20-3)10-15(9-13)21-4/h5-10H,1-4H3,(H2,18,19,22). The van der Waals surface area contributed by atoms with Crippen LogP contribution in [0.15, 0.2) is 36.4 Å². The van der Waals surface area contributed by atoms with Gasteiger partial charge in [-0.25, -0.2) is 0 Å². The Morgan fingerprint density at radius 2 is 1.55 bits per heavy atom. The molecule has 0 saturated carbocycles. The lowest BCUT2D eigenvalue weighted by Gasteiger charge is -2.14. The van der Waals surface area contributed by atoms with E-state index in [1.807, 2.05) is 37.3 Å². The third kappa shape index (κ3) is 4.11. The molecule has 5 heteroatoms. The average molecular weight is 316 g/mol. The van der Waals surface area contributed by atoms with E-state index in [2.05, 4.69) is 23.6 Å². The summed E-state index contributed by atoms with van der Waals surface area (Å²) in [6.45, 7) is 4.11. The number of rotatable bonds is 4. The number of benzene rings is 2. The molecule has 0 atom stereocenters. The van der Waals surface area contributed by atoms with Crippen molar-refractivity contribution >= 4 is 28.7 Å². The van der Waals surface area contributed by atoms with Crippen molar-refractivity contribution in [3.63, 3.8) is 0 Å². The first-order chi connectivity index (χ1) is 10.5. The summed E-state index contributed by atoms with van der Waals surface area (Å²) in [5.74, 6) is 1.41. The summed E-state index contributed by atoms with van der Waals surface area (Å²) in [5, 5.41) is 6.86. The van der Waals surface area contributed by atoms with Gasteiger partial charge in [0.2, 0.25) is 0 Å². The van der Waals surface area contributed by atoms with E-state index in [1.165, 1.54) is 5.56 Å². The second-order valence-electron chi connectivity index (χ2n) is 5.00. The number of thiocarbonyl (C=S) groups is 1. The molecule has 2 aromatic rings. The summed E-state index contributed by atoms with van der Waals surface area (Å²) < 4.78 is 10.5. The van der Waals surface area contributed by atoms with E-state index in [-0.39, 0.29) is 0 Å². The van der Waals surface area contributed by atoms with Gasteiger partial charge in [-0.3, -0.25) is 0 Å². The summed E-state index contributed by atoms with van der Waals surface area (Å²) >= 11 is 5.37. The maximum Gasteiger partial charge on any atom is 0.175 e. The minimum absolute atomic E-state index is 0.516. The van der Waals surface area contributed by atoms with Crippen LogP contribution in [0.3, 0.4) is 0 Å². The van der Waals surface area contributed by atoms with Crippen molar-refractivity contribution in [3.8, 4) is 11.5 Å². The highest BCUT2D eigenvalue weighted by Gasteiger charge is 2.05. The number of aryl methyl sites for hydroxylation is 2. The van der Waals surface area contributed by atoms with Crippen LogP contribution in [0.1, 0.15) is 11.1 Å². The molecule has 0 aromatic heterocycles. The summed E-state index contributed by atoms with van der Waals surface area (Å²) in [6, 6.07) is 11.7. The van der Waals surface area contributed by atoms with E-state index in [4.69, 9.17) is 21.7 Å². The van der Waals surface area contributed by atoms with E-state index in [0.29, 0.717) is 16.6 Å². The Hall–Kier alpha value is -2.27. The third-order valence-electron chi connectivity index (χ3n) is 3.24. The Bertz CT molecular complexity index is 664. The van der Waals surface area contributed by atoms with Crippen molar-refractivity contribution in [2.45, 2.75) is 13.8 Å². The monoisotopic (exact) mass is 316 g/mol. The van der Waals surface area contributed by atoms with Crippen LogP contribution in [0.25, 0.3) is 0 Å². The molecule has 0 fully saturated rings. The molecule has 2 rings (SSSR count). The topological polar surface area (TPSA) is 42.5 Å². The lowest BCUT2D eigenvalue weighted by molar-refractivity contribution is 0.395. The van der Waals surface area contributed by atoms with Gasteiger partial charge in [-0.15, -0.1) is 0 Å². The fourth-order valence-corrected chi connectivity index (χ4v) is 2.35. The third-order valence-corrected chi connectivity index (χ3v) is 3.44. The van der Waals surface area contributed by atoms with Gasteiger partial charge in [0.05, 0.1) is 14.2 Å². The molecule has 0 spiro atoms. The van der Waals surface area contributed by atoms with Crippen LogP contribution in [0.5, 0.6) is 11.5 Å². The normalized spacial score (nSPS) is 10.0. The first-order valence-corrected chi connectivity index (χ1v) is 7.31. The molecule has 0 bridgehead atoms. The Morgan fingerprint density at radius 3 is 2.09 bits per heavy atom. The number of nitrogens with one attached hydrogen (secondary N) is 2. The van der Waals surface area contributed by atoms with Crippen LogP contribution >= 0.6 is 12.2 Å². The molecule has 0 aliphatic rings. The lowest BCUT2D eigenvalue weighted by atomic mass is 10.1. The smallest absolute Gasteiger partial charge is 0.175 e. The van der Waals surface area contributed by atoms with E-state index >= 15 is 0 Å². The highest BCUT2D eigenvalue weighted by atomic mass is 32.1. The molecule has 0 aliphatic heterocycles. The van der Waals surface area contributed by atoms with Gasteiger partial charge >= 0.3 is 0 Å². The van der Waals surface area contributed by atoms with Gasteiger partial charge in [0.25, 0.3) is 0 Å². The molecule has 22 heavy (non-hydrogen) atoms. The molecule has 0 amide bonds. The summed E-state index contributed by atoms with van der Waals surface area (Å²) in [4.78, 5) is 0. The zero-order valence-electron chi connectivity index (χ0n) is 13.2. The number of anilines is 2. The van der Waals surface area contributed by atoms with Gasteiger partial charge in [0.15, 0.2) is 5.11 Å². The molecule has 0 unspecified atom stereocenters. The SMILES string of the molecule is COc1cc(NC(=S)Nc2ccc(C)cc2C)cc(OC)c1. The molecular formula is C17H20N2O2S. The van der Waals surface area contributed by atoms with E-state index < -0.39 is 0 Å². The van der Waals surface area contributed by atoms with Crippen molar-refractivity contribution in [1.82, 2.24) is 0 Å². The van der Waals surface area contributed by atoms with Crippen molar-refractivity contribution in [2.24, 2.45) is 0 Å². The maximum absolute atomic E-state index is 5.37. The van der Waals surface area contributed by atoms with Crippen LogP contribution in [0.2, 0.25) is 0 Å². The Morgan fingerprint density at radius 1 is 0.909 bits per heavy atom. The number of hydrogen-bond donors (Lipinski definition) is 2. The molecule has 0 saturated heterocycles. The summed E-state index contributed by atoms with van der Waals surface area (Å²) in [5.41, 5.74) is 4.16. The van der Waals surface area contributed by atoms with Crippen LogP contribution in [-0.4, -0.2) is 19.3 Å². The summed E-state index contributed by atoms with van der Waals surface area (Å²) in [6.07, 6.45) is 0. The van der Waals surface area contributed by atoms with Crippen LogP contribution in [0, 0.1) is 13.8 Å². The van der Waals surface area contributed by atoms with Gasteiger partial charge in [0.1, 0.15) is 11.5 Å². The highest BCUT2D eigenvalue weighted by Crippen LogP contribution is 2.26. The molecule has 0 radical (unpaired) electrons. The Kier molecular flexibility index (Phi) is 5.22. The van der Waals surface area contributed by atoms with Gasteiger partial charge in [0, 0.05) is 29.6 Å². The Labute approximate surface area is 136 Å². The predicted octanol–water partition coefficient (Wildman–Crippen LogP) is 4.13. The largest absolute Gasteiger partial charge is 0.497 e. The van der Waals surface area contributed by atoms with Crippen molar-refractivity contribution in [3.05, 3.63) is 47.5 Å². The van der Waals surface area contributed by atoms with E-state index in [1.54, 1.807) is 14.2 Å². The van der Waals surface area contributed by atoms with Crippen molar-refractivity contribution < 1.29 is 9.47 Å². The van der Waals surface area contributed by atoms with Crippen LogP contribution in [0.4, 0.5) is 11.4 Å². The van der Waals surface area contributed by atoms with Gasteiger partial charge in [-0.2, -0.15) is 0 Å². The fourth-order valence-electron chi connectivity index (χ4n) is 2.12. The fraction of sp³-hybridized carbons (Fsp3) is 0.235. The molecule has 0 aliphatic carbocycles. The van der Waals surface area contributed by atoms with Gasteiger partial charge < -0.3 is 20.1 Å². The maximum atomic E-state index is 5.37. The summed E-state index contributed by atoms with van der Waals surface area (Å²) in [7, 11) is 3.23.